The van der Waals surface area contributed by atoms with Crippen molar-refractivity contribution < 1.29 is 14.3 Å². The Kier molecular flexibility index (Phi) is 7.41. The van der Waals surface area contributed by atoms with Gasteiger partial charge in [0, 0.05) is 5.02 Å². The van der Waals surface area contributed by atoms with Gasteiger partial charge in [-0.2, -0.15) is 5.10 Å². The molecule has 0 saturated carbocycles. The zero-order valence-corrected chi connectivity index (χ0v) is 18.8. The average Bonchev–Trinajstić information content (AvgIpc) is 3.31. The fourth-order valence-corrected chi connectivity index (χ4v) is 4.10. The van der Waals surface area contributed by atoms with E-state index in [0.717, 1.165) is 4.88 Å². The molecule has 2 aromatic heterocycles. The van der Waals surface area contributed by atoms with E-state index in [-0.39, 0.29) is 25.0 Å². The first-order valence-electron chi connectivity index (χ1n) is 9.27. The minimum Gasteiger partial charge on any atom is -0.463 e. The lowest BCUT2D eigenvalue weighted by molar-refractivity contribution is -0.148. The van der Waals surface area contributed by atoms with Crippen LogP contribution in [0, 0.1) is 4.77 Å². The van der Waals surface area contributed by atoms with Gasteiger partial charge in [-0.05, 0) is 49.1 Å². The van der Waals surface area contributed by atoms with Gasteiger partial charge in [-0.15, -0.1) is 11.3 Å². The minimum absolute atomic E-state index is 0.0395. The first-order chi connectivity index (χ1) is 14.3. The molecule has 2 heterocycles. The van der Waals surface area contributed by atoms with Gasteiger partial charge in [0.15, 0.2) is 10.6 Å². The Hall–Kier alpha value is -2.49. The Balaban J connectivity index is 1.80. The number of rotatable bonds is 8. The van der Waals surface area contributed by atoms with Gasteiger partial charge in [-0.25, -0.2) is 0 Å². The molecule has 1 aromatic carbocycles. The van der Waals surface area contributed by atoms with Gasteiger partial charge in [0.2, 0.25) is 5.91 Å². The van der Waals surface area contributed by atoms with Crippen molar-refractivity contribution in [1.82, 2.24) is 20.1 Å². The summed E-state index contributed by atoms with van der Waals surface area (Å²) < 4.78 is 7.20. The zero-order chi connectivity index (χ0) is 21.7. The molecule has 0 fully saturated rings. The number of halogens is 1. The number of nitrogens with zero attached hydrogens (tertiary/aromatic N) is 2. The highest BCUT2D eigenvalue weighted by Gasteiger charge is 2.23. The Labute approximate surface area is 188 Å². The molecule has 0 saturated heterocycles. The highest BCUT2D eigenvalue weighted by molar-refractivity contribution is 7.71. The van der Waals surface area contributed by atoms with Gasteiger partial charge in [-0.1, -0.05) is 35.9 Å². The van der Waals surface area contributed by atoms with Gasteiger partial charge >= 0.3 is 5.97 Å². The molecule has 30 heavy (non-hydrogen) atoms. The standard InChI is InChI=1S/C20H21ClN4O3S2/c1-12(2)28-18(27)10-15(13-6-3-4-7-14(13)21)22-17(26)11-25-19(23-24-20(25)29)16-8-5-9-30-16/h3-9,12,15H,10-11H2,1-2H3,(H,22,26)(H,24,29). The summed E-state index contributed by atoms with van der Waals surface area (Å²) in [6.07, 6.45) is -0.292. The first-order valence-corrected chi connectivity index (χ1v) is 10.9. The molecule has 3 rings (SSSR count). The Bertz CT molecular complexity index is 1080. The summed E-state index contributed by atoms with van der Waals surface area (Å²) in [4.78, 5) is 26.0. The predicted octanol–water partition coefficient (Wildman–Crippen LogP) is 4.52. The molecule has 158 valence electrons. The van der Waals surface area contributed by atoms with Crippen LogP contribution in [-0.4, -0.2) is 32.7 Å². The van der Waals surface area contributed by atoms with Crippen molar-refractivity contribution in [2.24, 2.45) is 0 Å². The number of benzene rings is 1. The number of ether oxygens (including phenoxy) is 1. The molecule has 3 aromatic rings. The normalized spacial score (nSPS) is 12.0. The number of thiophene rings is 1. The number of carbonyl (C=O) groups is 2. The second-order valence-electron chi connectivity index (χ2n) is 6.80. The van der Waals surface area contributed by atoms with Crippen molar-refractivity contribution >= 4 is 47.0 Å². The van der Waals surface area contributed by atoms with Crippen LogP contribution in [0.3, 0.4) is 0 Å². The highest BCUT2D eigenvalue weighted by Crippen LogP contribution is 2.26. The van der Waals surface area contributed by atoms with Gasteiger partial charge in [0.25, 0.3) is 0 Å². The predicted molar refractivity (Wildman–Crippen MR) is 119 cm³/mol. The Morgan fingerprint density at radius 3 is 2.73 bits per heavy atom. The SMILES string of the molecule is CC(C)OC(=O)CC(NC(=O)Cn1c(-c2cccs2)n[nH]c1=S)c1ccccc1Cl. The Morgan fingerprint density at radius 1 is 1.30 bits per heavy atom. The van der Waals surface area contributed by atoms with Crippen LogP contribution in [0.1, 0.15) is 31.9 Å². The number of H-pyrrole nitrogens is 1. The molecule has 0 spiro atoms. The van der Waals surface area contributed by atoms with E-state index in [0.29, 0.717) is 21.2 Å². The number of esters is 1. The number of hydrogen-bond acceptors (Lipinski definition) is 6. The maximum absolute atomic E-state index is 12.9. The van der Waals surface area contributed by atoms with Crippen LogP contribution < -0.4 is 5.32 Å². The number of nitrogens with one attached hydrogen (secondary N) is 2. The van der Waals surface area contributed by atoms with E-state index in [9.17, 15) is 9.59 Å². The van der Waals surface area contributed by atoms with Crippen molar-refractivity contribution in [3.63, 3.8) is 0 Å². The van der Waals surface area contributed by atoms with E-state index in [2.05, 4.69) is 15.5 Å². The molecular formula is C20H21ClN4O3S2. The first kappa shape index (κ1) is 22.2. The van der Waals surface area contributed by atoms with E-state index in [1.165, 1.54) is 11.3 Å². The maximum Gasteiger partial charge on any atom is 0.308 e. The maximum atomic E-state index is 12.9. The van der Waals surface area contributed by atoms with Gasteiger partial charge < -0.3 is 10.1 Å². The lowest BCUT2D eigenvalue weighted by atomic mass is 10.0. The fourth-order valence-electron chi connectivity index (χ4n) is 2.92. The van der Waals surface area contributed by atoms with Crippen molar-refractivity contribution in [2.45, 2.75) is 39.0 Å². The molecule has 0 aliphatic heterocycles. The van der Waals surface area contributed by atoms with Gasteiger partial charge in [-0.3, -0.25) is 19.3 Å². The van der Waals surface area contributed by atoms with Crippen LogP contribution in [-0.2, 0) is 20.9 Å². The Morgan fingerprint density at radius 2 is 2.07 bits per heavy atom. The third-order valence-corrected chi connectivity index (χ3v) is 5.68. The molecule has 1 amide bonds. The molecule has 1 atom stereocenters. The van der Waals surface area contributed by atoms with Crippen molar-refractivity contribution in [3.8, 4) is 10.7 Å². The summed E-state index contributed by atoms with van der Waals surface area (Å²) in [5.74, 6) is -0.166. The molecule has 1 unspecified atom stereocenters. The van der Waals surface area contributed by atoms with Crippen LogP contribution in [0.2, 0.25) is 5.02 Å². The second-order valence-corrected chi connectivity index (χ2v) is 8.54. The lowest BCUT2D eigenvalue weighted by Gasteiger charge is -2.20. The van der Waals surface area contributed by atoms with Crippen LogP contribution >= 0.6 is 35.2 Å². The van der Waals surface area contributed by atoms with E-state index < -0.39 is 12.0 Å². The molecule has 10 heteroatoms. The van der Waals surface area contributed by atoms with Gasteiger partial charge in [0.05, 0.1) is 23.4 Å². The topological polar surface area (TPSA) is 89.0 Å². The lowest BCUT2D eigenvalue weighted by Crippen LogP contribution is -2.33. The van der Waals surface area contributed by atoms with Crippen molar-refractivity contribution in [1.29, 1.82) is 0 Å². The fraction of sp³-hybridized carbons (Fsp3) is 0.300. The molecule has 0 radical (unpaired) electrons. The quantitative estimate of drug-likeness (QED) is 0.378. The number of hydrogen-bond donors (Lipinski definition) is 2. The summed E-state index contributed by atoms with van der Waals surface area (Å²) in [6, 6.07) is 10.2. The third kappa shape index (κ3) is 5.56. The van der Waals surface area contributed by atoms with E-state index >= 15 is 0 Å². The average molecular weight is 465 g/mol. The molecule has 2 N–H and O–H groups in total. The molecular weight excluding hydrogens is 444 g/mol. The summed E-state index contributed by atoms with van der Waals surface area (Å²) in [6.45, 7) is 3.49. The van der Waals surface area contributed by atoms with Crippen molar-refractivity contribution in [2.75, 3.05) is 0 Å². The minimum atomic E-state index is -0.635. The monoisotopic (exact) mass is 464 g/mol. The summed E-state index contributed by atoms with van der Waals surface area (Å²) >= 11 is 13.1. The summed E-state index contributed by atoms with van der Waals surface area (Å²) in [5.41, 5.74) is 0.641. The molecule has 0 aliphatic rings. The number of aromatic amines is 1. The second kappa shape index (κ2) is 10.0. The number of aromatic nitrogens is 3. The smallest absolute Gasteiger partial charge is 0.308 e. The van der Waals surface area contributed by atoms with Crippen LogP contribution in [0.5, 0.6) is 0 Å². The highest BCUT2D eigenvalue weighted by atomic mass is 35.5. The third-order valence-electron chi connectivity index (χ3n) is 4.16. The van der Waals surface area contributed by atoms with Crippen LogP contribution in [0.25, 0.3) is 10.7 Å². The van der Waals surface area contributed by atoms with Crippen LogP contribution in [0.15, 0.2) is 41.8 Å². The summed E-state index contributed by atoms with van der Waals surface area (Å²) in [7, 11) is 0. The van der Waals surface area contributed by atoms with Crippen LogP contribution in [0.4, 0.5) is 0 Å². The summed E-state index contributed by atoms with van der Waals surface area (Å²) in [5, 5.41) is 12.2. The van der Waals surface area contributed by atoms with E-state index in [1.54, 1.807) is 42.7 Å². The number of amides is 1. The molecule has 0 bridgehead atoms. The molecule has 7 nitrogen and oxygen atoms in total. The van der Waals surface area contributed by atoms with E-state index in [4.69, 9.17) is 28.6 Å². The largest absolute Gasteiger partial charge is 0.463 e. The van der Waals surface area contributed by atoms with Gasteiger partial charge in [0.1, 0.15) is 6.54 Å². The number of carbonyl (C=O) groups excluding carboxylic acids is 2. The molecule has 0 aliphatic carbocycles. The zero-order valence-electron chi connectivity index (χ0n) is 16.4. The van der Waals surface area contributed by atoms with Crippen molar-refractivity contribution in [3.05, 3.63) is 57.1 Å². The van der Waals surface area contributed by atoms with E-state index in [1.807, 2.05) is 17.5 Å².